The highest BCUT2D eigenvalue weighted by atomic mass is 16.5. The van der Waals surface area contributed by atoms with E-state index in [1.165, 1.54) is 21.9 Å². The third-order valence-corrected chi connectivity index (χ3v) is 4.99. The van der Waals surface area contributed by atoms with E-state index in [9.17, 15) is 0 Å². The van der Waals surface area contributed by atoms with E-state index in [0.29, 0.717) is 13.5 Å². The number of benzene rings is 2. The minimum absolute atomic E-state index is 0.699. The predicted molar refractivity (Wildman–Crippen MR) is 96.3 cm³/mol. The monoisotopic (exact) mass is 326 g/mol. The van der Waals surface area contributed by atoms with Crippen molar-refractivity contribution < 1.29 is 9.47 Å². The maximum atomic E-state index is 5.98. The molecule has 24 heavy (non-hydrogen) atoms. The average molecular weight is 326 g/mol. The van der Waals surface area contributed by atoms with E-state index in [1.54, 1.807) is 0 Å². The van der Waals surface area contributed by atoms with Crippen molar-refractivity contribution in [3.05, 3.63) is 35.4 Å². The molecule has 0 bridgehead atoms. The molecule has 128 valence electrons. The Morgan fingerprint density at radius 2 is 1.21 bits per heavy atom. The van der Waals surface area contributed by atoms with Crippen LogP contribution in [0.5, 0.6) is 11.5 Å². The average Bonchev–Trinajstić information content (AvgIpc) is 2.61. The first-order chi connectivity index (χ1) is 11.8. The second-order valence-corrected chi connectivity index (χ2v) is 6.83. The zero-order chi connectivity index (χ0) is 16.5. The quantitative estimate of drug-likeness (QED) is 0.849. The van der Waals surface area contributed by atoms with Crippen LogP contribution in [0.2, 0.25) is 0 Å². The van der Waals surface area contributed by atoms with Crippen molar-refractivity contribution in [1.29, 1.82) is 0 Å². The van der Waals surface area contributed by atoms with E-state index in [0.717, 1.165) is 50.5 Å². The minimum Gasteiger partial charge on any atom is -0.478 e. The number of hydrogen-bond acceptors (Lipinski definition) is 4. The number of nitrogens with zero attached hydrogens (tertiary/aromatic N) is 2. The van der Waals surface area contributed by atoms with Crippen molar-refractivity contribution in [2.75, 3.05) is 26.6 Å². The predicted octanol–water partition coefficient (Wildman–Crippen LogP) is 3.96. The summed E-state index contributed by atoms with van der Waals surface area (Å²) in [5.74, 6) is 2.08. The molecule has 4 heteroatoms. The van der Waals surface area contributed by atoms with Crippen LogP contribution in [0.25, 0.3) is 10.8 Å². The van der Waals surface area contributed by atoms with Crippen LogP contribution in [0.15, 0.2) is 24.3 Å². The Kier molecular flexibility index (Phi) is 4.33. The molecule has 0 amide bonds. The molecule has 0 aliphatic carbocycles. The molecule has 0 N–H and O–H groups in total. The zero-order valence-electron chi connectivity index (χ0n) is 14.7. The van der Waals surface area contributed by atoms with Crippen LogP contribution in [0, 0.1) is 0 Å². The molecule has 2 heterocycles. The van der Waals surface area contributed by atoms with Crippen molar-refractivity contribution in [2.24, 2.45) is 0 Å². The number of hydrogen-bond donors (Lipinski definition) is 0. The summed E-state index contributed by atoms with van der Waals surface area (Å²) in [6.07, 6.45) is 2.30. The summed E-state index contributed by atoms with van der Waals surface area (Å²) in [5, 5.41) is 2.63. The normalized spacial score (nSPS) is 17.9. The fourth-order valence-corrected chi connectivity index (χ4v) is 3.87. The fourth-order valence-electron chi connectivity index (χ4n) is 3.87. The first-order valence-corrected chi connectivity index (χ1v) is 9.08. The molecule has 2 aliphatic rings. The first-order valence-electron chi connectivity index (χ1n) is 9.08. The Morgan fingerprint density at radius 3 is 1.62 bits per heavy atom. The van der Waals surface area contributed by atoms with E-state index in [2.05, 4.69) is 47.9 Å². The van der Waals surface area contributed by atoms with E-state index < -0.39 is 0 Å². The lowest BCUT2D eigenvalue weighted by molar-refractivity contribution is 0.0952. The van der Waals surface area contributed by atoms with Gasteiger partial charge >= 0.3 is 0 Å². The van der Waals surface area contributed by atoms with E-state index in [4.69, 9.17) is 9.47 Å². The third-order valence-electron chi connectivity index (χ3n) is 4.99. The van der Waals surface area contributed by atoms with Gasteiger partial charge in [-0.2, -0.15) is 0 Å². The van der Waals surface area contributed by atoms with Gasteiger partial charge in [-0.1, -0.05) is 26.0 Å². The SMILES string of the molecule is CCCN1COc2ccc3c4c(ccc3c2C1)OCN(CCC)C4. The third kappa shape index (κ3) is 2.74. The lowest BCUT2D eigenvalue weighted by Gasteiger charge is -2.32. The van der Waals surface area contributed by atoms with Gasteiger partial charge in [0.15, 0.2) is 0 Å². The molecule has 2 aromatic rings. The maximum Gasteiger partial charge on any atom is 0.142 e. The van der Waals surface area contributed by atoms with Gasteiger partial charge in [0.1, 0.15) is 25.0 Å². The Labute approximate surface area is 143 Å². The molecule has 4 rings (SSSR count). The Hall–Kier alpha value is -1.78. The van der Waals surface area contributed by atoms with Crippen molar-refractivity contribution >= 4 is 10.8 Å². The molecular formula is C20H26N2O2. The highest BCUT2D eigenvalue weighted by molar-refractivity contribution is 5.92. The van der Waals surface area contributed by atoms with Gasteiger partial charge in [0.2, 0.25) is 0 Å². The van der Waals surface area contributed by atoms with Crippen molar-refractivity contribution in [3.8, 4) is 11.5 Å². The van der Waals surface area contributed by atoms with Crippen molar-refractivity contribution in [1.82, 2.24) is 9.80 Å². The molecule has 0 unspecified atom stereocenters. The molecule has 4 nitrogen and oxygen atoms in total. The fraction of sp³-hybridized carbons (Fsp3) is 0.500. The van der Waals surface area contributed by atoms with Crippen molar-refractivity contribution in [3.63, 3.8) is 0 Å². The highest BCUT2D eigenvalue weighted by Gasteiger charge is 2.23. The van der Waals surface area contributed by atoms with E-state index in [1.807, 2.05) is 0 Å². The zero-order valence-corrected chi connectivity index (χ0v) is 14.7. The van der Waals surface area contributed by atoms with Crippen LogP contribution in [0.3, 0.4) is 0 Å². The second-order valence-electron chi connectivity index (χ2n) is 6.83. The molecule has 0 saturated heterocycles. The lowest BCUT2D eigenvalue weighted by atomic mass is 9.96. The molecule has 2 aliphatic heterocycles. The van der Waals surface area contributed by atoms with E-state index in [-0.39, 0.29) is 0 Å². The summed E-state index contributed by atoms with van der Waals surface area (Å²) in [7, 11) is 0. The number of rotatable bonds is 4. The van der Waals surface area contributed by atoms with Gasteiger partial charge in [-0.15, -0.1) is 0 Å². The molecular weight excluding hydrogens is 300 g/mol. The van der Waals surface area contributed by atoms with Crippen LogP contribution >= 0.6 is 0 Å². The molecule has 0 atom stereocenters. The van der Waals surface area contributed by atoms with Crippen LogP contribution in [-0.2, 0) is 13.1 Å². The van der Waals surface area contributed by atoms with Crippen LogP contribution < -0.4 is 9.47 Å². The molecule has 0 radical (unpaired) electrons. The molecule has 0 spiro atoms. The highest BCUT2D eigenvalue weighted by Crippen LogP contribution is 2.38. The summed E-state index contributed by atoms with van der Waals surface area (Å²) < 4.78 is 12.0. The smallest absolute Gasteiger partial charge is 0.142 e. The van der Waals surface area contributed by atoms with Gasteiger partial charge in [-0.25, -0.2) is 0 Å². The summed E-state index contributed by atoms with van der Waals surface area (Å²) in [5.41, 5.74) is 2.64. The molecule has 2 aromatic carbocycles. The maximum absolute atomic E-state index is 5.98. The Morgan fingerprint density at radius 1 is 0.750 bits per heavy atom. The number of fused-ring (bicyclic) bond motifs is 5. The van der Waals surface area contributed by atoms with Crippen LogP contribution in [0.1, 0.15) is 37.8 Å². The summed E-state index contributed by atoms with van der Waals surface area (Å²) in [4.78, 5) is 4.75. The molecule has 0 fully saturated rings. The Balaban J connectivity index is 1.75. The van der Waals surface area contributed by atoms with Gasteiger partial charge < -0.3 is 9.47 Å². The topological polar surface area (TPSA) is 24.9 Å². The number of ether oxygens (including phenoxy) is 2. The largest absolute Gasteiger partial charge is 0.478 e. The molecule has 0 saturated carbocycles. The standard InChI is InChI=1S/C20H26N2O2/c1-3-9-21-11-17-15-5-8-20-18(12-22(10-4-2)14-24-20)16(15)6-7-19(17)23-13-21/h5-8H,3-4,9-14H2,1-2H3. The van der Waals surface area contributed by atoms with Crippen LogP contribution in [-0.4, -0.2) is 36.4 Å². The lowest BCUT2D eigenvalue weighted by Crippen LogP contribution is -2.33. The van der Waals surface area contributed by atoms with Gasteiger partial charge in [0, 0.05) is 37.3 Å². The molecule has 0 aromatic heterocycles. The summed E-state index contributed by atoms with van der Waals surface area (Å²) in [6, 6.07) is 8.70. The minimum atomic E-state index is 0.699. The second kappa shape index (κ2) is 6.61. The van der Waals surface area contributed by atoms with Gasteiger partial charge in [-0.3, -0.25) is 9.80 Å². The Bertz CT molecular complexity index is 681. The summed E-state index contributed by atoms with van der Waals surface area (Å²) in [6.45, 7) is 9.93. The van der Waals surface area contributed by atoms with Crippen LogP contribution in [0.4, 0.5) is 0 Å². The van der Waals surface area contributed by atoms with Gasteiger partial charge in [0.25, 0.3) is 0 Å². The van der Waals surface area contributed by atoms with Gasteiger partial charge in [-0.05, 0) is 35.7 Å². The summed E-state index contributed by atoms with van der Waals surface area (Å²) >= 11 is 0. The first kappa shape index (κ1) is 15.7. The van der Waals surface area contributed by atoms with Gasteiger partial charge in [0.05, 0.1) is 0 Å². The van der Waals surface area contributed by atoms with Crippen molar-refractivity contribution in [2.45, 2.75) is 39.8 Å². The van der Waals surface area contributed by atoms with E-state index >= 15 is 0 Å².